The number of benzene rings is 1. The van der Waals surface area contributed by atoms with Gasteiger partial charge in [-0.05, 0) is 32.4 Å². The summed E-state index contributed by atoms with van der Waals surface area (Å²) in [6.07, 6.45) is 0.0726. The molecule has 0 fully saturated rings. The van der Waals surface area contributed by atoms with Crippen LogP contribution in [-0.4, -0.2) is 24.2 Å². The van der Waals surface area contributed by atoms with Gasteiger partial charge in [-0.25, -0.2) is 0 Å². The van der Waals surface area contributed by atoms with Crippen LogP contribution in [0.5, 0.6) is 0 Å². The molecule has 0 heterocycles. The third-order valence-corrected chi connectivity index (χ3v) is 2.82. The van der Waals surface area contributed by atoms with Crippen molar-refractivity contribution < 1.29 is 9.66 Å². The highest BCUT2D eigenvalue weighted by molar-refractivity contribution is 6.33. The van der Waals surface area contributed by atoms with Crippen molar-refractivity contribution in [1.29, 1.82) is 0 Å². The first-order valence-corrected chi connectivity index (χ1v) is 6.13. The average molecular weight is 273 g/mol. The Bertz CT molecular complexity index is 438. The molecule has 0 saturated carbocycles. The summed E-state index contributed by atoms with van der Waals surface area (Å²) in [5.74, 6) is 0. The van der Waals surface area contributed by atoms with Crippen LogP contribution in [0, 0.1) is 17.0 Å². The Morgan fingerprint density at radius 3 is 2.78 bits per heavy atom. The van der Waals surface area contributed by atoms with Crippen LogP contribution in [0.25, 0.3) is 0 Å². The van der Waals surface area contributed by atoms with Gasteiger partial charge in [0, 0.05) is 24.9 Å². The van der Waals surface area contributed by atoms with Gasteiger partial charge in [-0.1, -0.05) is 11.6 Å². The van der Waals surface area contributed by atoms with Gasteiger partial charge < -0.3 is 10.1 Å². The highest BCUT2D eigenvalue weighted by atomic mass is 35.5. The van der Waals surface area contributed by atoms with Gasteiger partial charge in [0.05, 0.1) is 11.0 Å². The van der Waals surface area contributed by atoms with Gasteiger partial charge in [0.2, 0.25) is 0 Å². The van der Waals surface area contributed by atoms with Gasteiger partial charge in [-0.15, -0.1) is 0 Å². The summed E-state index contributed by atoms with van der Waals surface area (Å²) in [6, 6.07) is 3.05. The monoisotopic (exact) mass is 272 g/mol. The molecule has 0 radical (unpaired) electrons. The molecule has 5 nitrogen and oxygen atoms in total. The minimum atomic E-state index is -0.484. The van der Waals surface area contributed by atoms with E-state index in [0.717, 1.165) is 11.3 Å². The van der Waals surface area contributed by atoms with Gasteiger partial charge in [0.15, 0.2) is 0 Å². The molecule has 0 aliphatic heterocycles. The Labute approximate surface area is 111 Å². The molecule has 1 aromatic carbocycles. The van der Waals surface area contributed by atoms with Gasteiger partial charge in [-0.2, -0.15) is 0 Å². The maximum Gasteiger partial charge on any atom is 0.288 e. The first-order valence-electron chi connectivity index (χ1n) is 5.75. The van der Waals surface area contributed by atoms with Crippen molar-refractivity contribution in [3.05, 3.63) is 32.8 Å². The SMILES string of the molecule is CCOC(C)CNc1cc(Cl)c([N+](=O)[O-])cc1C. The van der Waals surface area contributed by atoms with Crippen LogP contribution in [0.2, 0.25) is 5.02 Å². The Kier molecular flexibility index (Phi) is 5.37. The first-order chi connectivity index (χ1) is 8.45. The normalized spacial score (nSPS) is 12.2. The fourth-order valence-corrected chi connectivity index (χ4v) is 1.83. The number of hydrogen-bond donors (Lipinski definition) is 1. The minimum Gasteiger partial charge on any atom is -0.382 e. The molecule has 18 heavy (non-hydrogen) atoms. The largest absolute Gasteiger partial charge is 0.382 e. The number of nitro benzene ring substituents is 1. The van der Waals surface area contributed by atoms with Crippen molar-refractivity contribution in [3.8, 4) is 0 Å². The van der Waals surface area contributed by atoms with Crippen molar-refractivity contribution in [2.24, 2.45) is 0 Å². The predicted octanol–water partition coefficient (Wildman–Crippen LogP) is 3.39. The summed E-state index contributed by atoms with van der Waals surface area (Å²) in [5, 5.41) is 14.0. The van der Waals surface area contributed by atoms with Crippen LogP contribution < -0.4 is 5.32 Å². The van der Waals surface area contributed by atoms with E-state index < -0.39 is 4.92 Å². The molecule has 0 aromatic heterocycles. The lowest BCUT2D eigenvalue weighted by Crippen LogP contribution is -2.20. The molecule has 0 bridgehead atoms. The predicted molar refractivity (Wildman–Crippen MR) is 72.4 cm³/mol. The maximum atomic E-state index is 10.7. The first kappa shape index (κ1) is 14.7. The molecule has 100 valence electrons. The average Bonchev–Trinajstić information content (AvgIpc) is 2.29. The fourth-order valence-electron chi connectivity index (χ4n) is 1.59. The second kappa shape index (κ2) is 6.56. The molecule has 1 atom stereocenters. The Morgan fingerprint density at radius 1 is 1.56 bits per heavy atom. The van der Waals surface area contributed by atoms with Crippen LogP contribution in [-0.2, 0) is 4.74 Å². The second-order valence-corrected chi connectivity index (χ2v) is 4.43. The molecule has 0 aliphatic carbocycles. The maximum absolute atomic E-state index is 10.7. The molecule has 0 spiro atoms. The molecular formula is C12H17ClN2O3. The minimum absolute atomic E-state index is 0.0717. The van der Waals surface area contributed by atoms with E-state index in [0.29, 0.717) is 13.2 Å². The quantitative estimate of drug-likeness (QED) is 0.637. The lowest BCUT2D eigenvalue weighted by Gasteiger charge is -2.15. The summed E-state index contributed by atoms with van der Waals surface area (Å²) in [5.41, 5.74) is 1.50. The summed E-state index contributed by atoms with van der Waals surface area (Å²) in [6.45, 7) is 6.98. The molecule has 1 N–H and O–H groups in total. The summed E-state index contributed by atoms with van der Waals surface area (Å²) < 4.78 is 5.39. The number of nitrogens with one attached hydrogen (secondary N) is 1. The summed E-state index contributed by atoms with van der Waals surface area (Å²) in [4.78, 5) is 10.2. The standard InChI is InChI=1S/C12H17ClN2O3/c1-4-18-9(3)7-14-11-6-10(13)12(15(16)17)5-8(11)2/h5-6,9,14H,4,7H2,1-3H3. The molecule has 0 saturated heterocycles. The number of rotatable bonds is 6. The van der Waals surface area contributed by atoms with E-state index in [9.17, 15) is 10.1 Å². The van der Waals surface area contributed by atoms with Crippen molar-refractivity contribution >= 4 is 23.0 Å². The third-order valence-electron chi connectivity index (χ3n) is 2.52. The molecule has 0 aliphatic rings. The van der Waals surface area contributed by atoms with Gasteiger partial charge in [-0.3, -0.25) is 10.1 Å². The highest BCUT2D eigenvalue weighted by Crippen LogP contribution is 2.30. The Hall–Kier alpha value is -1.33. The molecule has 1 unspecified atom stereocenters. The number of ether oxygens (including phenoxy) is 1. The van der Waals surface area contributed by atoms with Crippen LogP contribution in [0.4, 0.5) is 11.4 Å². The van der Waals surface area contributed by atoms with E-state index in [4.69, 9.17) is 16.3 Å². The van der Waals surface area contributed by atoms with E-state index in [1.165, 1.54) is 6.07 Å². The van der Waals surface area contributed by atoms with Crippen molar-refractivity contribution in [1.82, 2.24) is 0 Å². The van der Waals surface area contributed by atoms with E-state index >= 15 is 0 Å². The van der Waals surface area contributed by atoms with Gasteiger partial charge in [0.1, 0.15) is 5.02 Å². The van der Waals surface area contributed by atoms with Gasteiger partial charge in [0.25, 0.3) is 5.69 Å². The number of nitrogens with zero attached hydrogens (tertiary/aromatic N) is 1. The zero-order chi connectivity index (χ0) is 13.7. The Morgan fingerprint density at radius 2 is 2.22 bits per heavy atom. The second-order valence-electron chi connectivity index (χ2n) is 4.02. The molecule has 6 heteroatoms. The van der Waals surface area contributed by atoms with Gasteiger partial charge >= 0.3 is 0 Å². The number of anilines is 1. The molecule has 1 aromatic rings. The summed E-state index contributed by atoms with van der Waals surface area (Å²) in [7, 11) is 0. The van der Waals surface area contributed by atoms with E-state index in [1.807, 2.05) is 13.8 Å². The lowest BCUT2D eigenvalue weighted by molar-refractivity contribution is -0.384. The zero-order valence-corrected chi connectivity index (χ0v) is 11.5. The zero-order valence-electron chi connectivity index (χ0n) is 10.7. The lowest BCUT2D eigenvalue weighted by atomic mass is 10.1. The van der Waals surface area contributed by atoms with E-state index in [1.54, 1.807) is 13.0 Å². The van der Waals surface area contributed by atoms with Crippen LogP contribution in [0.15, 0.2) is 12.1 Å². The third kappa shape index (κ3) is 3.85. The number of halogens is 1. The fraction of sp³-hybridized carbons (Fsp3) is 0.500. The molecular weight excluding hydrogens is 256 g/mol. The van der Waals surface area contributed by atoms with Crippen LogP contribution >= 0.6 is 11.6 Å². The topological polar surface area (TPSA) is 64.4 Å². The summed E-state index contributed by atoms with van der Waals surface area (Å²) >= 11 is 5.86. The number of aryl methyl sites for hydroxylation is 1. The molecule has 0 amide bonds. The smallest absolute Gasteiger partial charge is 0.288 e. The van der Waals surface area contributed by atoms with Crippen molar-refractivity contribution in [3.63, 3.8) is 0 Å². The van der Waals surface area contributed by atoms with Crippen LogP contribution in [0.3, 0.4) is 0 Å². The number of hydrogen-bond acceptors (Lipinski definition) is 4. The van der Waals surface area contributed by atoms with E-state index in [-0.39, 0.29) is 16.8 Å². The Balaban J connectivity index is 2.79. The van der Waals surface area contributed by atoms with Crippen molar-refractivity contribution in [2.75, 3.05) is 18.5 Å². The van der Waals surface area contributed by atoms with Crippen LogP contribution in [0.1, 0.15) is 19.4 Å². The molecule has 1 rings (SSSR count). The number of nitro groups is 1. The van der Waals surface area contributed by atoms with Crippen molar-refractivity contribution in [2.45, 2.75) is 26.9 Å². The van der Waals surface area contributed by atoms with E-state index in [2.05, 4.69) is 5.32 Å². The highest BCUT2D eigenvalue weighted by Gasteiger charge is 2.15.